The van der Waals surface area contributed by atoms with E-state index in [1.165, 1.54) is 0 Å². The van der Waals surface area contributed by atoms with Crippen LogP contribution in [0.2, 0.25) is 0 Å². The van der Waals surface area contributed by atoms with E-state index in [1.54, 1.807) is 13.2 Å². The van der Waals surface area contributed by atoms with Crippen molar-refractivity contribution in [2.45, 2.75) is 18.8 Å². The Balaban J connectivity index is 1.28. The molecule has 0 spiro atoms. The summed E-state index contributed by atoms with van der Waals surface area (Å²) in [6.45, 7) is 2.69. The van der Waals surface area contributed by atoms with Gasteiger partial charge in [0.1, 0.15) is 17.4 Å². The van der Waals surface area contributed by atoms with Gasteiger partial charge in [-0.15, -0.1) is 0 Å². The van der Waals surface area contributed by atoms with Crippen LogP contribution in [-0.2, 0) is 0 Å². The third-order valence-corrected chi connectivity index (χ3v) is 6.55. The number of aromatic nitrogens is 4. The molecule has 0 N–H and O–H groups in total. The van der Waals surface area contributed by atoms with Gasteiger partial charge in [-0.25, -0.2) is 14.6 Å². The highest BCUT2D eigenvalue weighted by molar-refractivity contribution is 5.95. The Kier molecular flexibility index (Phi) is 5.13. The van der Waals surface area contributed by atoms with Crippen LogP contribution in [0.3, 0.4) is 0 Å². The number of anilines is 1. The quantitative estimate of drug-likeness (QED) is 0.458. The van der Waals surface area contributed by atoms with Gasteiger partial charge in [0.15, 0.2) is 5.65 Å². The molecule has 2 fully saturated rings. The average molecular weight is 455 g/mol. The number of methoxy groups -OCH3 is 1. The van der Waals surface area contributed by atoms with Gasteiger partial charge in [0.05, 0.1) is 24.4 Å². The maximum absolute atomic E-state index is 13.0. The lowest BCUT2D eigenvalue weighted by Gasteiger charge is -2.35. The minimum atomic E-state index is 0.0296. The third kappa shape index (κ3) is 3.75. The number of carbonyl (C=O) groups is 1. The molecule has 0 radical (unpaired) electrons. The van der Waals surface area contributed by atoms with E-state index < -0.39 is 0 Å². The molecule has 1 aliphatic heterocycles. The number of hydrogen-bond donors (Lipinski definition) is 0. The molecule has 1 aliphatic carbocycles. The van der Waals surface area contributed by atoms with Gasteiger partial charge >= 0.3 is 0 Å². The van der Waals surface area contributed by atoms with Crippen molar-refractivity contribution in [3.8, 4) is 11.4 Å². The summed E-state index contributed by atoms with van der Waals surface area (Å²) >= 11 is 0. The Hall–Kier alpha value is -3.94. The van der Waals surface area contributed by atoms with Crippen LogP contribution in [0.1, 0.15) is 34.9 Å². The fraction of sp³-hybridized carbons (Fsp3) is 0.308. The molecule has 0 unspecified atom stereocenters. The Bertz CT molecular complexity index is 1340. The second kappa shape index (κ2) is 8.44. The highest BCUT2D eigenvalue weighted by Gasteiger charge is 2.31. The predicted octanol–water partition coefficient (Wildman–Crippen LogP) is 3.66. The smallest absolute Gasteiger partial charge is 0.254 e. The lowest BCUT2D eigenvalue weighted by molar-refractivity contribution is 0.0746. The first-order valence-electron chi connectivity index (χ1n) is 11.7. The molecule has 6 rings (SSSR count). The van der Waals surface area contributed by atoms with Crippen LogP contribution in [0.5, 0.6) is 5.75 Å². The van der Waals surface area contributed by atoms with Gasteiger partial charge in [-0.05, 0) is 43.2 Å². The molecule has 3 heterocycles. The minimum Gasteiger partial charge on any atom is -0.497 e. The van der Waals surface area contributed by atoms with E-state index >= 15 is 0 Å². The molecule has 8 nitrogen and oxygen atoms in total. The zero-order chi connectivity index (χ0) is 23.1. The molecule has 2 aliphatic rings. The van der Waals surface area contributed by atoms with Crippen LogP contribution in [0.15, 0.2) is 60.8 Å². The summed E-state index contributed by atoms with van der Waals surface area (Å²) in [5.41, 5.74) is 2.47. The molecular weight excluding hydrogens is 428 g/mol. The molecule has 172 valence electrons. The molecule has 34 heavy (non-hydrogen) atoms. The lowest BCUT2D eigenvalue weighted by atomic mass is 10.1. The van der Waals surface area contributed by atoms with E-state index in [9.17, 15) is 4.79 Å². The van der Waals surface area contributed by atoms with E-state index in [1.807, 2.05) is 64.3 Å². The Labute approximate surface area is 197 Å². The maximum Gasteiger partial charge on any atom is 0.254 e. The van der Waals surface area contributed by atoms with Crippen molar-refractivity contribution in [1.82, 2.24) is 24.6 Å². The van der Waals surface area contributed by atoms with Crippen molar-refractivity contribution < 1.29 is 9.53 Å². The monoisotopic (exact) mass is 454 g/mol. The summed E-state index contributed by atoms with van der Waals surface area (Å²) in [6, 6.07) is 17.4. The zero-order valence-corrected chi connectivity index (χ0v) is 19.1. The molecule has 1 saturated carbocycles. The van der Waals surface area contributed by atoms with E-state index in [4.69, 9.17) is 14.7 Å². The summed E-state index contributed by atoms with van der Waals surface area (Å²) < 4.78 is 7.17. The number of fused-ring (bicyclic) bond motifs is 1. The third-order valence-electron chi connectivity index (χ3n) is 6.55. The van der Waals surface area contributed by atoms with Gasteiger partial charge in [-0.1, -0.05) is 24.3 Å². The lowest BCUT2D eigenvalue weighted by Crippen LogP contribution is -2.49. The van der Waals surface area contributed by atoms with Gasteiger partial charge < -0.3 is 14.5 Å². The van der Waals surface area contributed by atoms with Crippen LogP contribution in [0, 0.1) is 0 Å². The number of piperazine rings is 1. The van der Waals surface area contributed by atoms with Gasteiger partial charge in [0.25, 0.3) is 5.91 Å². The van der Waals surface area contributed by atoms with Crippen molar-refractivity contribution in [3.63, 3.8) is 0 Å². The van der Waals surface area contributed by atoms with Crippen LogP contribution in [-0.4, -0.2) is 63.8 Å². The van der Waals surface area contributed by atoms with E-state index in [0.717, 1.165) is 41.2 Å². The molecule has 0 atom stereocenters. The number of carbonyl (C=O) groups excluding carboxylic acids is 1. The van der Waals surface area contributed by atoms with Gasteiger partial charge in [-0.3, -0.25) is 4.79 Å². The molecular formula is C26H26N6O2. The molecule has 0 bridgehead atoms. The number of para-hydroxylation sites is 1. The van der Waals surface area contributed by atoms with Crippen LogP contribution in [0.4, 0.5) is 5.82 Å². The number of ether oxygens (including phenoxy) is 1. The zero-order valence-electron chi connectivity index (χ0n) is 19.1. The second-order valence-electron chi connectivity index (χ2n) is 8.82. The fourth-order valence-electron chi connectivity index (χ4n) is 4.49. The van der Waals surface area contributed by atoms with E-state index in [0.29, 0.717) is 43.4 Å². The Morgan fingerprint density at radius 2 is 1.76 bits per heavy atom. The van der Waals surface area contributed by atoms with Crippen molar-refractivity contribution in [1.29, 1.82) is 0 Å². The summed E-state index contributed by atoms with van der Waals surface area (Å²) in [7, 11) is 1.61. The van der Waals surface area contributed by atoms with Crippen molar-refractivity contribution in [3.05, 3.63) is 72.2 Å². The highest BCUT2D eigenvalue weighted by atomic mass is 16.5. The summed E-state index contributed by atoms with van der Waals surface area (Å²) in [4.78, 5) is 27.1. The standard InChI is InChI=1S/C26H26N6O2/c1-34-21-9-5-6-19(16-21)26(33)31-14-12-30(13-15-31)24-22-17-27-32(20-7-3-2-4-8-20)25(22)29-23(28-24)18-10-11-18/h2-9,16-18H,10-15H2,1H3. The average Bonchev–Trinajstić information content (AvgIpc) is 3.67. The van der Waals surface area contributed by atoms with Gasteiger partial charge in [0, 0.05) is 37.7 Å². The van der Waals surface area contributed by atoms with Crippen molar-refractivity contribution >= 4 is 22.8 Å². The Morgan fingerprint density at radius 1 is 0.971 bits per heavy atom. The number of rotatable bonds is 5. The summed E-state index contributed by atoms with van der Waals surface area (Å²) in [6.07, 6.45) is 4.13. The second-order valence-corrected chi connectivity index (χ2v) is 8.82. The first-order chi connectivity index (χ1) is 16.7. The Morgan fingerprint density at radius 3 is 2.50 bits per heavy atom. The van der Waals surface area contributed by atoms with Crippen molar-refractivity contribution in [2.75, 3.05) is 38.2 Å². The largest absolute Gasteiger partial charge is 0.497 e. The molecule has 2 aromatic heterocycles. The maximum atomic E-state index is 13.0. The molecule has 1 amide bonds. The number of hydrogen-bond acceptors (Lipinski definition) is 6. The van der Waals surface area contributed by atoms with Gasteiger partial charge in [0.2, 0.25) is 0 Å². The normalized spacial score (nSPS) is 16.1. The summed E-state index contributed by atoms with van der Waals surface area (Å²) in [5.74, 6) is 2.97. The first kappa shape index (κ1) is 20.7. The fourth-order valence-corrected chi connectivity index (χ4v) is 4.49. The van der Waals surface area contributed by atoms with E-state index in [2.05, 4.69) is 10.00 Å². The topological polar surface area (TPSA) is 76.4 Å². The number of nitrogens with zero attached hydrogens (tertiary/aromatic N) is 6. The number of amides is 1. The summed E-state index contributed by atoms with van der Waals surface area (Å²) in [5, 5.41) is 5.60. The van der Waals surface area contributed by atoms with E-state index in [-0.39, 0.29) is 5.91 Å². The number of benzene rings is 2. The van der Waals surface area contributed by atoms with Crippen LogP contribution < -0.4 is 9.64 Å². The molecule has 4 aromatic rings. The first-order valence-corrected chi connectivity index (χ1v) is 11.7. The molecule has 8 heteroatoms. The SMILES string of the molecule is COc1cccc(C(=O)N2CCN(c3nc(C4CC4)nc4c3cnn4-c3ccccc3)CC2)c1. The molecule has 2 aromatic carbocycles. The minimum absolute atomic E-state index is 0.0296. The molecule has 1 saturated heterocycles. The van der Waals surface area contributed by atoms with Crippen LogP contribution >= 0.6 is 0 Å². The van der Waals surface area contributed by atoms with Crippen LogP contribution in [0.25, 0.3) is 16.7 Å². The van der Waals surface area contributed by atoms with Crippen molar-refractivity contribution in [2.24, 2.45) is 0 Å². The highest BCUT2D eigenvalue weighted by Crippen LogP contribution is 2.40. The predicted molar refractivity (Wildman–Crippen MR) is 130 cm³/mol. The van der Waals surface area contributed by atoms with Gasteiger partial charge in [-0.2, -0.15) is 5.10 Å².